The zero-order valence-corrected chi connectivity index (χ0v) is 11.5. The van der Waals surface area contributed by atoms with Gasteiger partial charge in [0.1, 0.15) is 0 Å². The Morgan fingerprint density at radius 2 is 2.18 bits per heavy atom. The number of thioether (sulfide) groups is 1. The predicted molar refractivity (Wildman–Crippen MR) is 71.5 cm³/mol. The molecule has 1 fully saturated rings. The van der Waals surface area contributed by atoms with Crippen LogP contribution < -0.4 is 0 Å². The summed E-state index contributed by atoms with van der Waals surface area (Å²) in [5, 5.41) is 0.775. The van der Waals surface area contributed by atoms with Gasteiger partial charge in [0.2, 0.25) is 5.91 Å². The predicted octanol–water partition coefficient (Wildman–Crippen LogP) is 2.59. The molecule has 0 bridgehead atoms. The molecule has 1 rings (SSSR count). The van der Waals surface area contributed by atoms with Crippen molar-refractivity contribution in [3.05, 3.63) is 23.8 Å². The van der Waals surface area contributed by atoms with Gasteiger partial charge in [-0.1, -0.05) is 38.6 Å². The highest BCUT2D eigenvalue weighted by Gasteiger charge is 2.28. The first-order valence-electron chi connectivity index (χ1n) is 5.66. The highest BCUT2D eigenvalue weighted by molar-refractivity contribution is 8.04. The van der Waals surface area contributed by atoms with Gasteiger partial charge in [-0.2, -0.15) is 0 Å². The van der Waals surface area contributed by atoms with Crippen molar-refractivity contribution in [2.45, 2.75) is 27.2 Å². The molecule has 17 heavy (non-hydrogen) atoms. The monoisotopic (exact) mass is 253 g/mol. The van der Waals surface area contributed by atoms with E-state index in [1.54, 1.807) is 17.1 Å². The van der Waals surface area contributed by atoms with E-state index < -0.39 is 5.41 Å². The van der Waals surface area contributed by atoms with Gasteiger partial charge in [-0.15, -0.1) is 6.58 Å². The van der Waals surface area contributed by atoms with Crippen molar-refractivity contribution in [3.8, 4) is 0 Å². The van der Waals surface area contributed by atoms with Crippen LogP contribution in [0.4, 0.5) is 0 Å². The molecule has 1 amide bonds. The number of carbonyl (C=O) groups is 2. The summed E-state index contributed by atoms with van der Waals surface area (Å²) >= 11 is 1.44. The Labute approximate surface area is 107 Å². The lowest BCUT2D eigenvalue weighted by molar-refractivity contribution is -0.125. The van der Waals surface area contributed by atoms with Gasteiger partial charge in [-0.05, 0) is 6.42 Å². The van der Waals surface area contributed by atoms with E-state index >= 15 is 0 Å². The third-order valence-electron chi connectivity index (χ3n) is 2.46. The van der Waals surface area contributed by atoms with Crippen molar-refractivity contribution in [3.63, 3.8) is 0 Å². The van der Waals surface area contributed by atoms with E-state index in [2.05, 4.69) is 6.58 Å². The normalized spacial score (nSPS) is 18.9. The van der Waals surface area contributed by atoms with E-state index in [0.717, 1.165) is 11.4 Å². The van der Waals surface area contributed by atoms with Crippen molar-refractivity contribution in [2.75, 3.05) is 12.3 Å². The minimum atomic E-state index is -0.399. The number of ketones is 1. The summed E-state index contributed by atoms with van der Waals surface area (Å²) in [4.78, 5) is 25.2. The van der Waals surface area contributed by atoms with Gasteiger partial charge >= 0.3 is 0 Å². The summed E-state index contributed by atoms with van der Waals surface area (Å²) in [5.74, 6) is 0.559. The van der Waals surface area contributed by atoms with E-state index in [4.69, 9.17) is 0 Å². The van der Waals surface area contributed by atoms with Gasteiger partial charge in [0.25, 0.3) is 0 Å². The van der Waals surface area contributed by atoms with Crippen molar-refractivity contribution >= 4 is 23.5 Å². The molecule has 3 nitrogen and oxygen atoms in total. The summed E-state index contributed by atoms with van der Waals surface area (Å²) in [5.41, 5.74) is -0.399. The maximum absolute atomic E-state index is 11.9. The summed E-state index contributed by atoms with van der Waals surface area (Å²) < 4.78 is 0. The van der Waals surface area contributed by atoms with Gasteiger partial charge in [0.05, 0.1) is 10.8 Å². The summed E-state index contributed by atoms with van der Waals surface area (Å²) in [6, 6.07) is 0. The second kappa shape index (κ2) is 5.54. The Morgan fingerprint density at radius 1 is 1.53 bits per heavy atom. The quantitative estimate of drug-likeness (QED) is 0.571. The number of nitrogens with zero attached hydrogens (tertiary/aromatic N) is 1. The van der Waals surface area contributed by atoms with Crippen molar-refractivity contribution in [1.29, 1.82) is 0 Å². The summed E-state index contributed by atoms with van der Waals surface area (Å²) in [6.45, 7) is 9.88. The van der Waals surface area contributed by atoms with Crippen LogP contribution >= 0.6 is 11.8 Å². The van der Waals surface area contributed by atoms with Crippen molar-refractivity contribution in [2.24, 2.45) is 5.41 Å². The van der Waals surface area contributed by atoms with Crippen molar-refractivity contribution in [1.82, 2.24) is 4.90 Å². The van der Waals surface area contributed by atoms with Crippen LogP contribution in [-0.4, -0.2) is 28.9 Å². The van der Waals surface area contributed by atoms with Crippen LogP contribution in [0.1, 0.15) is 27.2 Å². The lowest BCUT2D eigenvalue weighted by Crippen LogP contribution is -2.27. The van der Waals surface area contributed by atoms with E-state index in [1.807, 2.05) is 20.8 Å². The lowest BCUT2D eigenvalue weighted by Gasteiger charge is -2.18. The molecule has 1 heterocycles. The second-order valence-corrected chi connectivity index (χ2v) is 6.00. The third-order valence-corrected chi connectivity index (χ3v) is 3.49. The average Bonchev–Trinajstić information content (AvgIpc) is 2.56. The minimum absolute atomic E-state index is 0.0540. The molecule has 94 valence electrons. The topological polar surface area (TPSA) is 37.4 Å². The van der Waals surface area contributed by atoms with Crippen LogP contribution in [0, 0.1) is 5.41 Å². The smallest absolute Gasteiger partial charge is 0.237 e. The van der Waals surface area contributed by atoms with Crippen molar-refractivity contribution < 1.29 is 9.59 Å². The maximum Gasteiger partial charge on any atom is 0.237 e. The molecule has 0 unspecified atom stereocenters. The largest absolute Gasteiger partial charge is 0.306 e. The first-order valence-corrected chi connectivity index (χ1v) is 6.65. The molecular weight excluding hydrogens is 234 g/mol. The third kappa shape index (κ3) is 3.73. The fraction of sp³-hybridized carbons (Fsp3) is 0.538. The van der Waals surface area contributed by atoms with E-state index in [0.29, 0.717) is 12.3 Å². The highest BCUT2D eigenvalue weighted by atomic mass is 32.2. The zero-order valence-electron chi connectivity index (χ0n) is 10.7. The molecule has 0 aliphatic carbocycles. The summed E-state index contributed by atoms with van der Waals surface area (Å²) in [6.07, 6.45) is 4.12. The maximum atomic E-state index is 11.9. The number of amides is 1. The molecule has 0 radical (unpaired) electrons. The Bertz CT molecular complexity index is 366. The van der Waals surface area contributed by atoms with Gasteiger partial charge in [0, 0.05) is 18.0 Å². The standard InChI is InChI=1S/C13H19NO2S/c1-5-6-7-14-11(16)9-17-12(14)8-10(15)13(2,3)4/h5,8H,1,6-7,9H2,2-4H3/b12-8+. The van der Waals surface area contributed by atoms with E-state index in [1.165, 1.54) is 11.8 Å². The molecule has 0 spiro atoms. The van der Waals surface area contributed by atoms with Crippen LogP contribution in [0.3, 0.4) is 0 Å². The Morgan fingerprint density at radius 3 is 2.71 bits per heavy atom. The van der Waals surface area contributed by atoms with Gasteiger partial charge in [0.15, 0.2) is 5.78 Å². The molecule has 0 saturated carbocycles. The molecule has 1 aliphatic heterocycles. The minimum Gasteiger partial charge on any atom is -0.306 e. The van der Waals surface area contributed by atoms with E-state index in [9.17, 15) is 9.59 Å². The molecular formula is C13H19NO2S. The SMILES string of the molecule is C=CCCN1C(=O)CS/C1=C/C(=O)C(C)(C)C. The Hall–Kier alpha value is -1.03. The molecule has 0 atom stereocenters. The number of allylic oxidation sites excluding steroid dienone is 1. The highest BCUT2D eigenvalue weighted by Crippen LogP contribution is 2.30. The van der Waals surface area contributed by atoms with Gasteiger partial charge in [-0.25, -0.2) is 0 Å². The number of hydrogen-bond donors (Lipinski definition) is 0. The van der Waals surface area contributed by atoms with Gasteiger partial charge < -0.3 is 4.90 Å². The lowest BCUT2D eigenvalue weighted by atomic mass is 9.91. The molecule has 4 heteroatoms. The first-order chi connectivity index (χ1) is 7.86. The molecule has 0 aromatic carbocycles. The Balaban J connectivity index is 2.81. The molecule has 0 aromatic rings. The molecule has 0 aromatic heterocycles. The number of hydrogen-bond acceptors (Lipinski definition) is 3. The Kier molecular flexibility index (Phi) is 4.57. The van der Waals surface area contributed by atoms with Crippen LogP contribution in [0.15, 0.2) is 23.8 Å². The fourth-order valence-electron chi connectivity index (χ4n) is 1.32. The van der Waals surface area contributed by atoms with Gasteiger partial charge in [-0.3, -0.25) is 9.59 Å². The van der Waals surface area contributed by atoms with Crippen LogP contribution in [0.5, 0.6) is 0 Å². The zero-order chi connectivity index (χ0) is 13.1. The van der Waals surface area contributed by atoms with Crippen LogP contribution in [0.25, 0.3) is 0 Å². The summed E-state index contributed by atoms with van der Waals surface area (Å²) in [7, 11) is 0. The second-order valence-electron chi connectivity index (χ2n) is 5.01. The first kappa shape index (κ1) is 14.0. The van der Waals surface area contributed by atoms with E-state index in [-0.39, 0.29) is 11.7 Å². The number of rotatable bonds is 4. The van der Waals surface area contributed by atoms with Crippen LogP contribution in [0.2, 0.25) is 0 Å². The van der Waals surface area contributed by atoms with Crippen LogP contribution in [-0.2, 0) is 9.59 Å². The molecule has 0 N–H and O–H groups in total. The average molecular weight is 253 g/mol. The molecule has 1 aliphatic rings. The fourth-order valence-corrected chi connectivity index (χ4v) is 2.28. The molecule has 1 saturated heterocycles. The number of carbonyl (C=O) groups excluding carboxylic acids is 2.